The Morgan fingerprint density at radius 3 is 2.64 bits per heavy atom. The van der Waals surface area contributed by atoms with Crippen LogP contribution in [0.2, 0.25) is 0 Å². The molecule has 0 saturated heterocycles. The van der Waals surface area contributed by atoms with Crippen LogP contribution in [0.25, 0.3) is 11.0 Å². The summed E-state index contributed by atoms with van der Waals surface area (Å²) in [6.07, 6.45) is 2.56. The van der Waals surface area contributed by atoms with Gasteiger partial charge in [0.15, 0.2) is 0 Å². The molecule has 0 unspecified atom stereocenters. The van der Waals surface area contributed by atoms with Gasteiger partial charge in [0, 0.05) is 29.7 Å². The van der Waals surface area contributed by atoms with Gasteiger partial charge in [-0.25, -0.2) is 4.79 Å². The van der Waals surface area contributed by atoms with E-state index in [-0.39, 0.29) is 37.3 Å². The van der Waals surface area contributed by atoms with Crippen molar-refractivity contribution in [1.29, 1.82) is 0 Å². The molecular weight excluding hydrogens is 430 g/mol. The molecule has 28 heavy (non-hydrogen) atoms. The molecule has 1 N–H and O–H groups in total. The zero-order chi connectivity index (χ0) is 20.5. The van der Waals surface area contributed by atoms with Gasteiger partial charge in [0.1, 0.15) is 12.2 Å². The summed E-state index contributed by atoms with van der Waals surface area (Å²) in [6.45, 7) is 3.94. The number of hydrogen-bond acceptors (Lipinski definition) is 6. The first-order valence-corrected chi connectivity index (χ1v) is 9.99. The lowest BCUT2D eigenvalue weighted by Crippen LogP contribution is -2.20. The fourth-order valence-electron chi connectivity index (χ4n) is 2.69. The van der Waals surface area contributed by atoms with E-state index in [0.717, 1.165) is 17.3 Å². The number of carbonyl (C=O) groups is 3. The first kappa shape index (κ1) is 21.9. The van der Waals surface area contributed by atoms with Gasteiger partial charge < -0.3 is 19.2 Å². The number of ether oxygens (including phenoxy) is 2. The van der Waals surface area contributed by atoms with Crippen LogP contribution in [-0.4, -0.2) is 31.0 Å². The average molecular weight is 454 g/mol. The smallest absolute Gasteiger partial charge is 0.374 e. The van der Waals surface area contributed by atoms with Crippen LogP contribution in [0.1, 0.15) is 55.6 Å². The van der Waals surface area contributed by atoms with E-state index in [1.165, 1.54) is 6.92 Å². The maximum atomic E-state index is 12.2. The van der Waals surface area contributed by atoms with Gasteiger partial charge in [-0.15, -0.1) is 0 Å². The summed E-state index contributed by atoms with van der Waals surface area (Å²) in [4.78, 5) is 35.0. The summed E-state index contributed by atoms with van der Waals surface area (Å²) in [7, 11) is 0. The molecule has 1 heterocycles. The number of benzene rings is 1. The number of rotatable bonds is 10. The molecule has 152 valence electrons. The van der Waals surface area contributed by atoms with Gasteiger partial charge >= 0.3 is 11.9 Å². The molecule has 1 aromatic carbocycles. The summed E-state index contributed by atoms with van der Waals surface area (Å²) in [6, 6.07) is 5.35. The number of unbranched alkanes of at least 4 members (excludes halogenated alkanes) is 2. The molecule has 7 nitrogen and oxygen atoms in total. The third-order valence-corrected chi connectivity index (χ3v) is 4.52. The van der Waals surface area contributed by atoms with Crippen LogP contribution >= 0.6 is 15.9 Å². The molecule has 8 heteroatoms. The van der Waals surface area contributed by atoms with Gasteiger partial charge in [-0.2, -0.15) is 0 Å². The summed E-state index contributed by atoms with van der Waals surface area (Å²) < 4.78 is 16.8. The van der Waals surface area contributed by atoms with Crippen molar-refractivity contribution < 1.29 is 28.3 Å². The highest BCUT2D eigenvalue weighted by molar-refractivity contribution is 9.10. The van der Waals surface area contributed by atoms with Crippen LogP contribution in [0.15, 0.2) is 27.1 Å². The predicted molar refractivity (Wildman–Crippen MR) is 107 cm³/mol. The maximum absolute atomic E-state index is 12.2. The van der Waals surface area contributed by atoms with E-state index in [1.54, 1.807) is 19.1 Å². The van der Waals surface area contributed by atoms with Gasteiger partial charge in [-0.1, -0.05) is 22.4 Å². The molecule has 0 aliphatic heterocycles. The molecular formula is C20H24BrNO6. The van der Waals surface area contributed by atoms with Crippen LogP contribution in [-0.2, 0) is 25.7 Å². The molecule has 0 bridgehead atoms. The quantitative estimate of drug-likeness (QED) is 0.429. The number of carbonyl (C=O) groups excluding carboxylic acids is 3. The number of halogens is 1. The Morgan fingerprint density at radius 2 is 1.93 bits per heavy atom. The van der Waals surface area contributed by atoms with Crippen molar-refractivity contribution in [3.63, 3.8) is 0 Å². The fraction of sp³-hybridized carbons (Fsp3) is 0.450. The van der Waals surface area contributed by atoms with Gasteiger partial charge in [-0.05, 0) is 38.0 Å². The highest BCUT2D eigenvalue weighted by atomic mass is 79.9. The first-order valence-electron chi connectivity index (χ1n) is 9.20. The Balaban J connectivity index is 1.95. The summed E-state index contributed by atoms with van der Waals surface area (Å²) in [5.41, 5.74) is 1.02. The number of fused-ring (bicyclic) bond motifs is 1. The Labute approximate surface area is 171 Å². The zero-order valence-corrected chi connectivity index (χ0v) is 17.6. The highest BCUT2D eigenvalue weighted by Crippen LogP contribution is 2.30. The lowest BCUT2D eigenvalue weighted by molar-refractivity contribution is -0.145. The lowest BCUT2D eigenvalue weighted by atomic mass is 10.1. The Bertz CT molecular complexity index is 845. The molecule has 1 amide bonds. The van der Waals surface area contributed by atoms with Crippen LogP contribution in [0.5, 0.6) is 0 Å². The average Bonchev–Trinajstić information content (AvgIpc) is 3.00. The van der Waals surface area contributed by atoms with Gasteiger partial charge in [0.25, 0.3) is 0 Å². The molecule has 0 spiro atoms. The van der Waals surface area contributed by atoms with Crippen LogP contribution in [0, 0.1) is 0 Å². The first-order chi connectivity index (χ1) is 13.4. The standard InChI is InChI=1S/C20H24BrNO6/c1-3-26-20(25)19-16(15-11-14(21)8-9-17(15)28-19)12-27-18(24)7-5-4-6-10-22-13(2)23/h8-9,11H,3-7,10,12H2,1-2H3,(H,22,23). The van der Waals surface area contributed by atoms with E-state index < -0.39 is 5.97 Å². The van der Waals surface area contributed by atoms with E-state index in [9.17, 15) is 14.4 Å². The van der Waals surface area contributed by atoms with Crippen molar-refractivity contribution in [2.45, 2.75) is 46.1 Å². The number of hydrogen-bond donors (Lipinski definition) is 1. The molecule has 0 saturated carbocycles. The second-order valence-corrected chi connectivity index (χ2v) is 7.14. The minimum atomic E-state index is -0.584. The van der Waals surface area contributed by atoms with Crippen molar-refractivity contribution in [3.8, 4) is 0 Å². The minimum absolute atomic E-state index is 0.0538. The van der Waals surface area contributed by atoms with Crippen molar-refractivity contribution >= 4 is 44.7 Å². The highest BCUT2D eigenvalue weighted by Gasteiger charge is 2.23. The van der Waals surface area contributed by atoms with Crippen molar-refractivity contribution in [2.75, 3.05) is 13.2 Å². The number of nitrogens with one attached hydrogen (secondary N) is 1. The fourth-order valence-corrected chi connectivity index (χ4v) is 3.05. The van der Waals surface area contributed by atoms with Gasteiger partial charge in [0.05, 0.1) is 12.2 Å². The third-order valence-electron chi connectivity index (χ3n) is 4.02. The van der Waals surface area contributed by atoms with E-state index in [1.807, 2.05) is 6.07 Å². The van der Waals surface area contributed by atoms with E-state index in [4.69, 9.17) is 13.9 Å². The maximum Gasteiger partial charge on any atom is 0.374 e. The molecule has 2 rings (SSSR count). The third kappa shape index (κ3) is 6.37. The van der Waals surface area contributed by atoms with Crippen molar-refractivity contribution in [3.05, 3.63) is 34.0 Å². The van der Waals surface area contributed by atoms with Gasteiger partial charge in [0.2, 0.25) is 11.7 Å². The molecule has 2 aromatic rings. The monoisotopic (exact) mass is 453 g/mol. The molecule has 0 aliphatic carbocycles. The summed E-state index contributed by atoms with van der Waals surface area (Å²) in [5, 5.41) is 3.41. The summed E-state index contributed by atoms with van der Waals surface area (Å²) in [5.74, 6) is -0.939. The van der Waals surface area contributed by atoms with Crippen molar-refractivity contribution in [1.82, 2.24) is 5.32 Å². The Morgan fingerprint density at radius 1 is 1.14 bits per heavy atom. The minimum Gasteiger partial charge on any atom is -0.461 e. The number of amides is 1. The van der Waals surface area contributed by atoms with E-state index >= 15 is 0 Å². The predicted octanol–water partition coefficient (Wildman–Crippen LogP) is 4.11. The van der Waals surface area contributed by atoms with E-state index in [2.05, 4.69) is 21.2 Å². The van der Waals surface area contributed by atoms with E-state index in [0.29, 0.717) is 29.5 Å². The molecule has 0 radical (unpaired) electrons. The van der Waals surface area contributed by atoms with Crippen molar-refractivity contribution in [2.24, 2.45) is 0 Å². The SMILES string of the molecule is CCOC(=O)c1oc2ccc(Br)cc2c1COC(=O)CCCCCNC(C)=O. The topological polar surface area (TPSA) is 94.8 Å². The Kier molecular flexibility index (Phi) is 8.50. The van der Waals surface area contributed by atoms with Crippen LogP contribution in [0.3, 0.4) is 0 Å². The molecule has 1 aromatic heterocycles. The second-order valence-electron chi connectivity index (χ2n) is 6.22. The number of esters is 2. The Hall–Kier alpha value is -2.35. The van der Waals surface area contributed by atoms with Gasteiger partial charge in [-0.3, -0.25) is 9.59 Å². The molecule has 0 atom stereocenters. The largest absolute Gasteiger partial charge is 0.461 e. The second kappa shape index (κ2) is 10.8. The normalized spacial score (nSPS) is 10.7. The zero-order valence-electron chi connectivity index (χ0n) is 16.0. The molecule has 0 fully saturated rings. The summed E-state index contributed by atoms with van der Waals surface area (Å²) >= 11 is 3.40. The van der Waals surface area contributed by atoms with Crippen LogP contribution < -0.4 is 5.32 Å². The lowest BCUT2D eigenvalue weighted by Gasteiger charge is -2.06. The van der Waals surface area contributed by atoms with Crippen LogP contribution in [0.4, 0.5) is 0 Å². The molecule has 0 aliphatic rings. The number of furan rings is 1.